The summed E-state index contributed by atoms with van der Waals surface area (Å²) >= 11 is 3.48. The number of nitrogens with zero attached hydrogens (tertiary/aromatic N) is 1. The van der Waals surface area contributed by atoms with Gasteiger partial charge in [0.1, 0.15) is 6.04 Å². The van der Waals surface area contributed by atoms with E-state index in [4.69, 9.17) is 0 Å². The molecule has 0 radical (unpaired) electrons. The molecule has 0 spiro atoms. The Morgan fingerprint density at radius 3 is 2.17 bits per heavy atom. The van der Waals surface area contributed by atoms with Crippen molar-refractivity contribution in [3.63, 3.8) is 0 Å². The Morgan fingerprint density at radius 2 is 1.54 bits per heavy atom. The van der Waals surface area contributed by atoms with Crippen LogP contribution in [0.25, 0.3) is 0 Å². The number of nitrogens with one attached hydrogen (secondary N) is 1. The average Bonchev–Trinajstić information content (AvgIpc) is 2.85. The SMILES string of the molecule is CC[C@H](C)NC(=O)[C@@H](Cc1ccccc1)N(Cc1ccc(Br)cc1)C(=O)Cc1ccc(C)c(C)c1. The summed E-state index contributed by atoms with van der Waals surface area (Å²) in [6.45, 7) is 8.52. The first-order chi connectivity index (χ1) is 16.8. The van der Waals surface area contributed by atoms with E-state index < -0.39 is 6.04 Å². The molecule has 0 heterocycles. The van der Waals surface area contributed by atoms with Gasteiger partial charge in [-0.1, -0.05) is 83.5 Å². The molecule has 2 atom stereocenters. The molecule has 0 bridgehead atoms. The van der Waals surface area contributed by atoms with Crippen LogP contribution in [0.2, 0.25) is 0 Å². The molecule has 1 N–H and O–H groups in total. The number of amides is 2. The van der Waals surface area contributed by atoms with Gasteiger partial charge in [0.15, 0.2) is 0 Å². The van der Waals surface area contributed by atoms with Crippen molar-refractivity contribution in [3.8, 4) is 0 Å². The molecule has 4 nitrogen and oxygen atoms in total. The van der Waals surface area contributed by atoms with E-state index in [9.17, 15) is 9.59 Å². The van der Waals surface area contributed by atoms with Gasteiger partial charge in [0.2, 0.25) is 11.8 Å². The van der Waals surface area contributed by atoms with E-state index in [0.29, 0.717) is 13.0 Å². The zero-order valence-corrected chi connectivity index (χ0v) is 22.6. The Kier molecular flexibility index (Phi) is 9.67. The quantitative estimate of drug-likeness (QED) is 0.338. The first-order valence-corrected chi connectivity index (χ1v) is 13.0. The van der Waals surface area contributed by atoms with Gasteiger partial charge in [-0.15, -0.1) is 0 Å². The van der Waals surface area contributed by atoms with E-state index in [1.807, 2.05) is 80.6 Å². The zero-order chi connectivity index (χ0) is 25.4. The summed E-state index contributed by atoms with van der Waals surface area (Å²) in [5, 5.41) is 3.12. The predicted molar refractivity (Wildman–Crippen MR) is 146 cm³/mol. The monoisotopic (exact) mass is 534 g/mol. The Morgan fingerprint density at radius 1 is 0.886 bits per heavy atom. The van der Waals surface area contributed by atoms with E-state index in [0.717, 1.165) is 33.1 Å². The number of rotatable bonds is 10. The molecule has 35 heavy (non-hydrogen) atoms. The Bertz CT molecular complexity index is 1130. The second-order valence-corrected chi connectivity index (χ2v) is 10.2. The first kappa shape index (κ1) is 26.7. The summed E-state index contributed by atoms with van der Waals surface area (Å²) in [7, 11) is 0. The fourth-order valence-corrected chi connectivity index (χ4v) is 4.24. The van der Waals surface area contributed by atoms with Crippen molar-refractivity contribution >= 4 is 27.7 Å². The van der Waals surface area contributed by atoms with E-state index in [1.165, 1.54) is 5.56 Å². The molecule has 0 fully saturated rings. The van der Waals surface area contributed by atoms with Gasteiger partial charge in [0.05, 0.1) is 6.42 Å². The predicted octanol–water partition coefficient (Wildman–Crippen LogP) is 6.16. The molecule has 0 aromatic heterocycles. The first-order valence-electron chi connectivity index (χ1n) is 12.2. The highest BCUT2D eigenvalue weighted by atomic mass is 79.9. The summed E-state index contributed by atoms with van der Waals surface area (Å²) in [6, 6.07) is 23.4. The van der Waals surface area contributed by atoms with Crippen molar-refractivity contribution in [2.24, 2.45) is 0 Å². The lowest BCUT2D eigenvalue weighted by Gasteiger charge is -2.32. The lowest BCUT2D eigenvalue weighted by atomic mass is 10.00. The molecule has 0 aliphatic rings. The molecule has 2 amide bonds. The van der Waals surface area contributed by atoms with Gasteiger partial charge in [-0.05, 0) is 67.1 Å². The number of halogens is 1. The maximum Gasteiger partial charge on any atom is 0.243 e. The standard InChI is InChI=1S/C30H35BrN2O2/c1-5-23(4)32-30(35)28(18-24-9-7-6-8-10-24)33(20-25-13-15-27(31)16-14-25)29(34)19-26-12-11-21(2)22(3)17-26/h6-17,23,28H,5,18-20H2,1-4H3,(H,32,35)/t23-,28+/m0/s1. The molecule has 3 aromatic carbocycles. The summed E-state index contributed by atoms with van der Waals surface area (Å²) in [6.07, 6.45) is 1.53. The van der Waals surface area contributed by atoms with Crippen molar-refractivity contribution in [1.82, 2.24) is 10.2 Å². The molecule has 3 aromatic rings. The van der Waals surface area contributed by atoms with E-state index in [-0.39, 0.29) is 24.3 Å². The third-order valence-corrected chi connectivity index (χ3v) is 6.99. The Labute approximate surface area is 217 Å². The molecular weight excluding hydrogens is 500 g/mol. The maximum absolute atomic E-state index is 13.8. The fraction of sp³-hybridized carbons (Fsp3) is 0.333. The number of carbonyl (C=O) groups is 2. The molecular formula is C30H35BrN2O2. The number of aryl methyl sites for hydroxylation is 2. The van der Waals surface area contributed by atoms with E-state index in [2.05, 4.69) is 41.2 Å². The number of benzene rings is 3. The summed E-state index contributed by atoms with van der Waals surface area (Å²) in [4.78, 5) is 29.1. The Balaban J connectivity index is 1.97. The average molecular weight is 536 g/mol. The highest BCUT2D eigenvalue weighted by molar-refractivity contribution is 9.10. The van der Waals surface area contributed by atoms with E-state index >= 15 is 0 Å². The van der Waals surface area contributed by atoms with Crippen molar-refractivity contribution in [3.05, 3.63) is 105 Å². The second kappa shape index (κ2) is 12.7. The van der Waals surface area contributed by atoms with Gasteiger partial charge in [-0.3, -0.25) is 9.59 Å². The maximum atomic E-state index is 13.8. The molecule has 3 rings (SSSR count). The van der Waals surface area contributed by atoms with Gasteiger partial charge < -0.3 is 10.2 Å². The minimum absolute atomic E-state index is 0.0326. The van der Waals surface area contributed by atoms with Crippen molar-refractivity contribution in [2.45, 2.75) is 65.6 Å². The fourth-order valence-electron chi connectivity index (χ4n) is 3.97. The van der Waals surface area contributed by atoms with Crippen LogP contribution in [0.1, 0.15) is 48.1 Å². The summed E-state index contributed by atoms with van der Waals surface area (Å²) in [5.74, 6) is -0.176. The molecule has 0 saturated carbocycles. The molecule has 5 heteroatoms. The van der Waals surface area contributed by atoms with Crippen LogP contribution in [0.15, 0.2) is 77.3 Å². The third-order valence-electron chi connectivity index (χ3n) is 6.46. The lowest BCUT2D eigenvalue weighted by Crippen LogP contribution is -2.52. The van der Waals surface area contributed by atoms with E-state index in [1.54, 1.807) is 4.90 Å². The summed E-state index contributed by atoms with van der Waals surface area (Å²) < 4.78 is 0.976. The minimum atomic E-state index is -0.617. The topological polar surface area (TPSA) is 49.4 Å². The highest BCUT2D eigenvalue weighted by Gasteiger charge is 2.31. The zero-order valence-electron chi connectivity index (χ0n) is 21.1. The van der Waals surface area contributed by atoms with Crippen LogP contribution in [0.3, 0.4) is 0 Å². The molecule has 0 aliphatic heterocycles. The molecule has 0 aliphatic carbocycles. The number of carbonyl (C=O) groups excluding carboxylic acids is 2. The third kappa shape index (κ3) is 7.79. The van der Waals surface area contributed by atoms with Gasteiger partial charge in [0.25, 0.3) is 0 Å². The summed E-state index contributed by atoms with van der Waals surface area (Å²) in [5.41, 5.74) is 5.32. The smallest absolute Gasteiger partial charge is 0.243 e. The van der Waals surface area contributed by atoms with Crippen LogP contribution in [-0.2, 0) is 29.0 Å². The van der Waals surface area contributed by atoms with Crippen LogP contribution in [0.4, 0.5) is 0 Å². The largest absolute Gasteiger partial charge is 0.352 e. The van der Waals surface area contributed by atoms with Crippen molar-refractivity contribution < 1.29 is 9.59 Å². The van der Waals surface area contributed by atoms with Crippen molar-refractivity contribution in [2.75, 3.05) is 0 Å². The minimum Gasteiger partial charge on any atom is -0.352 e. The highest BCUT2D eigenvalue weighted by Crippen LogP contribution is 2.19. The molecule has 184 valence electrons. The van der Waals surface area contributed by atoms with Crippen LogP contribution >= 0.6 is 15.9 Å². The Hall–Kier alpha value is -2.92. The van der Waals surface area contributed by atoms with Crippen LogP contribution < -0.4 is 5.32 Å². The lowest BCUT2D eigenvalue weighted by molar-refractivity contribution is -0.141. The van der Waals surface area contributed by atoms with Crippen LogP contribution in [0, 0.1) is 13.8 Å². The van der Waals surface area contributed by atoms with Gasteiger partial charge in [0, 0.05) is 23.5 Å². The number of hydrogen-bond acceptors (Lipinski definition) is 2. The van der Waals surface area contributed by atoms with Crippen LogP contribution in [-0.4, -0.2) is 28.8 Å². The number of hydrogen-bond donors (Lipinski definition) is 1. The normalized spacial score (nSPS) is 12.6. The van der Waals surface area contributed by atoms with Crippen LogP contribution in [0.5, 0.6) is 0 Å². The van der Waals surface area contributed by atoms with Crippen molar-refractivity contribution in [1.29, 1.82) is 0 Å². The van der Waals surface area contributed by atoms with Gasteiger partial charge >= 0.3 is 0 Å². The van der Waals surface area contributed by atoms with Gasteiger partial charge in [-0.25, -0.2) is 0 Å². The van der Waals surface area contributed by atoms with Gasteiger partial charge in [-0.2, -0.15) is 0 Å². The molecule has 0 saturated heterocycles. The second-order valence-electron chi connectivity index (χ2n) is 9.27. The molecule has 0 unspecified atom stereocenters.